The first-order valence-corrected chi connectivity index (χ1v) is 10.6. The maximum Gasteiger partial charge on any atom is 0.280 e. The zero-order valence-electron chi connectivity index (χ0n) is 19.7. The number of fused-ring (bicyclic) bond motifs is 1. The summed E-state index contributed by atoms with van der Waals surface area (Å²) >= 11 is 0. The lowest BCUT2D eigenvalue weighted by Gasteiger charge is -2.33. The van der Waals surface area contributed by atoms with Gasteiger partial charge in [0.25, 0.3) is 5.91 Å². The second-order valence-corrected chi connectivity index (χ2v) is 7.13. The lowest BCUT2D eigenvalue weighted by Crippen LogP contribution is -2.53. The fraction of sp³-hybridized carbons (Fsp3) is 0.810. The lowest BCUT2D eigenvalue weighted by molar-refractivity contribution is -0.124. The van der Waals surface area contributed by atoms with Crippen molar-refractivity contribution in [2.45, 2.75) is 81.7 Å². The first-order chi connectivity index (χ1) is 12.7. The molecule has 2 aliphatic rings. The van der Waals surface area contributed by atoms with Gasteiger partial charge in [0.1, 0.15) is 11.5 Å². The Morgan fingerprint density at radius 1 is 1.15 bits per heavy atom. The second kappa shape index (κ2) is 14.4. The summed E-state index contributed by atoms with van der Waals surface area (Å²) in [4.78, 5) is 20.4. The van der Waals surface area contributed by atoms with Crippen molar-refractivity contribution >= 4 is 11.9 Å². The number of hydrogen-bond acceptors (Lipinski definition) is 5. The quantitative estimate of drug-likeness (QED) is 0.769. The molecule has 2 heterocycles. The Labute approximate surface area is 168 Å². The van der Waals surface area contributed by atoms with Crippen LogP contribution in [-0.4, -0.2) is 47.8 Å². The van der Waals surface area contributed by atoms with Gasteiger partial charge in [0.15, 0.2) is 0 Å². The summed E-state index contributed by atoms with van der Waals surface area (Å²) in [5.41, 5.74) is 6.63. The van der Waals surface area contributed by atoms with Crippen LogP contribution in [0.4, 0.5) is 0 Å². The van der Waals surface area contributed by atoms with E-state index in [0.717, 1.165) is 25.4 Å². The summed E-state index contributed by atoms with van der Waals surface area (Å²) in [6, 6.07) is 0.189. The zero-order valence-corrected chi connectivity index (χ0v) is 19.7. The molecule has 2 aliphatic heterocycles. The van der Waals surface area contributed by atoms with E-state index in [-0.39, 0.29) is 11.9 Å². The number of nitrogens with two attached hydrogens (primary N) is 1. The molecule has 3 N–H and O–H groups in total. The van der Waals surface area contributed by atoms with Gasteiger partial charge in [-0.15, -0.1) is 0 Å². The average molecular weight is 384 g/mol. The summed E-state index contributed by atoms with van der Waals surface area (Å²) in [6.07, 6.45) is 0.948. The largest absolute Gasteiger partial charge is 0.383 e. The van der Waals surface area contributed by atoms with Gasteiger partial charge in [-0.2, -0.15) is 0 Å². The van der Waals surface area contributed by atoms with Gasteiger partial charge < -0.3 is 11.1 Å². The maximum absolute atomic E-state index is 12.3. The van der Waals surface area contributed by atoms with Crippen LogP contribution in [0.3, 0.4) is 0 Å². The third-order valence-electron chi connectivity index (χ3n) is 3.58. The topological polar surface area (TPSA) is 74.0 Å². The highest BCUT2D eigenvalue weighted by Crippen LogP contribution is 2.25. The number of carbonyl (C=O) groups is 1. The predicted molar refractivity (Wildman–Crippen MR) is 118 cm³/mol. The Kier molecular flexibility index (Phi) is 14.6. The average Bonchev–Trinajstić information content (AvgIpc) is 3.09. The predicted octanol–water partition coefficient (Wildman–Crippen LogP) is 4.00. The number of carbonyl (C=O) groups excluding carboxylic acids is 1. The third kappa shape index (κ3) is 8.22. The van der Waals surface area contributed by atoms with Crippen LogP contribution in [0.2, 0.25) is 0 Å². The highest BCUT2D eigenvalue weighted by atomic mass is 16.2. The summed E-state index contributed by atoms with van der Waals surface area (Å²) in [7, 11) is 1.75. The van der Waals surface area contributed by atoms with Crippen molar-refractivity contribution in [3.8, 4) is 0 Å². The smallest absolute Gasteiger partial charge is 0.280 e. The van der Waals surface area contributed by atoms with Crippen molar-refractivity contribution in [3.63, 3.8) is 0 Å². The second-order valence-electron chi connectivity index (χ2n) is 7.13. The molecule has 0 saturated heterocycles. The van der Waals surface area contributed by atoms with Crippen LogP contribution in [0.5, 0.6) is 0 Å². The first kappa shape index (κ1) is 27.5. The van der Waals surface area contributed by atoms with Crippen LogP contribution in [0.1, 0.15) is 75.7 Å². The minimum Gasteiger partial charge on any atom is -0.383 e. The van der Waals surface area contributed by atoms with Crippen molar-refractivity contribution in [1.82, 2.24) is 15.1 Å². The Morgan fingerprint density at radius 2 is 1.63 bits per heavy atom. The molecule has 0 fully saturated rings. The normalized spacial score (nSPS) is 18.0. The number of aliphatic imine (C=N–C) groups is 1. The summed E-state index contributed by atoms with van der Waals surface area (Å²) in [5, 5.41) is 3.12. The molecule has 2 rings (SSSR count). The molecule has 1 amide bonds. The van der Waals surface area contributed by atoms with Crippen LogP contribution in [-0.2, 0) is 4.79 Å². The van der Waals surface area contributed by atoms with E-state index in [9.17, 15) is 4.79 Å². The maximum atomic E-state index is 12.3. The molecule has 27 heavy (non-hydrogen) atoms. The van der Waals surface area contributed by atoms with Gasteiger partial charge in [0.2, 0.25) is 5.96 Å². The molecule has 0 spiro atoms. The molecule has 1 unspecified atom stereocenters. The molecule has 0 aromatic heterocycles. The molecule has 160 valence electrons. The van der Waals surface area contributed by atoms with Gasteiger partial charge in [0, 0.05) is 13.6 Å². The first-order valence-electron chi connectivity index (χ1n) is 10.6. The minimum atomic E-state index is -0.106. The Morgan fingerprint density at radius 3 is 2.04 bits per heavy atom. The monoisotopic (exact) mass is 383 g/mol. The standard InChI is InChI=1S/C13H23N5O.C4H10.2C2H6/c1-5-6-15-10-11(14)18-7-9(8(2)3)16-13(18)17(4)12(10)19;1-4(2)3;2*1-2/h8-9,15H,5-7,14H2,1-4H3;4H,1-3H3;2*1-2H3. The summed E-state index contributed by atoms with van der Waals surface area (Å²) in [5.74, 6) is 2.33. The number of nitrogens with one attached hydrogen (secondary N) is 1. The van der Waals surface area contributed by atoms with Gasteiger partial charge in [0.05, 0.1) is 12.6 Å². The molecular weight excluding hydrogens is 338 g/mol. The number of hydrogen-bond donors (Lipinski definition) is 2. The van der Waals surface area contributed by atoms with Crippen LogP contribution >= 0.6 is 0 Å². The third-order valence-corrected chi connectivity index (χ3v) is 3.58. The van der Waals surface area contributed by atoms with Crippen molar-refractivity contribution in [3.05, 3.63) is 11.5 Å². The molecule has 6 nitrogen and oxygen atoms in total. The van der Waals surface area contributed by atoms with E-state index in [1.54, 1.807) is 11.9 Å². The molecule has 6 heteroatoms. The molecule has 0 aromatic rings. The molecule has 0 saturated carbocycles. The van der Waals surface area contributed by atoms with Crippen molar-refractivity contribution < 1.29 is 4.79 Å². The zero-order chi connectivity index (χ0) is 21.7. The van der Waals surface area contributed by atoms with Crippen LogP contribution in [0.25, 0.3) is 0 Å². The molecule has 0 bridgehead atoms. The number of likely N-dealkylation sites (N-methyl/N-ethyl adjacent to an activating group) is 1. The van der Waals surface area contributed by atoms with Gasteiger partial charge in [-0.1, -0.05) is 69.2 Å². The number of nitrogens with zero attached hydrogens (tertiary/aromatic N) is 3. The van der Waals surface area contributed by atoms with Crippen LogP contribution in [0, 0.1) is 11.8 Å². The van der Waals surface area contributed by atoms with Gasteiger partial charge in [-0.05, 0) is 18.3 Å². The SMILES string of the molecule is CC.CC.CC(C)C.CCCNC1=C(N)N2CC(C(C)C)N=C2N(C)C1=O. The van der Waals surface area contributed by atoms with Gasteiger partial charge in [-0.25, -0.2) is 4.99 Å². The Balaban J connectivity index is 0. The van der Waals surface area contributed by atoms with Crippen LogP contribution < -0.4 is 11.1 Å². The molecule has 0 aliphatic carbocycles. The van der Waals surface area contributed by atoms with E-state index in [4.69, 9.17) is 5.73 Å². The van der Waals surface area contributed by atoms with E-state index in [1.165, 1.54) is 0 Å². The molecule has 1 atom stereocenters. The van der Waals surface area contributed by atoms with E-state index in [1.807, 2.05) is 32.6 Å². The van der Waals surface area contributed by atoms with Crippen molar-refractivity contribution in [1.29, 1.82) is 0 Å². The number of rotatable bonds is 4. The fourth-order valence-corrected chi connectivity index (χ4v) is 2.28. The number of guanidine groups is 1. The van der Waals surface area contributed by atoms with Gasteiger partial charge >= 0.3 is 0 Å². The van der Waals surface area contributed by atoms with Gasteiger partial charge in [-0.3, -0.25) is 14.6 Å². The Hall–Kier alpha value is -1.72. The Bertz CT molecular complexity index is 480. The van der Waals surface area contributed by atoms with Crippen LogP contribution in [0.15, 0.2) is 16.5 Å². The lowest BCUT2D eigenvalue weighted by atomic mass is 10.1. The van der Waals surface area contributed by atoms with E-state index in [2.05, 4.69) is 51.9 Å². The van der Waals surface area contributed by atoms with E-state index in [0.29, 0.717) is 23.4 Å². The molecule has 0 radical (unpaired) electrons. The van der Waals surface area contributed by atoms with E-state index >= 15 is 0 Å². The molecular formula is C21H45N5O. The highest BCUT2D eigenvalue weighted by Gasteiger charge is 2.39. The highest BCUT2D eigenvalue weighted by molar-refractivity contribution is 6.08. The molecule has 0 aromatic carbocycles. The summed E-state index contributed by atoms with van der Waals surface area (Å²) in [6.45, 7) is 22.3. The number of amides is 1. The van der Waals surface area contributed by atoms with Crippen molar-refractivity contribution in [2.75, 3.05) is 20.1 Å². The van der Waals surface area contributed by atoms with Crippen molar-refractivity contribution in [2.24, 2.45) is 22.6 Å². The van der Waals surface area contributed by atoms with E-state index < -0.39 is 0 Å². The summed E-state index contributed by atoms with van der Waals surface area (Å²) < 4.78 is 0. The fourth-order valence-electron chi connectivity index (χ4n) is 2.28. The minimum absolute atomic E-state index is 0.106.